The molecule has 0 aliphatic rings. The van der Waals surface area contributed by atoms with Gasteiger partial charge < -0.3 is 15.0 Å². The molecule has 0 aliphatic carbocycles. The van der Waals surface area contributed by atoms with Gasteiger partial charge in [0.05, 0.1) is 21.8 Å². The quantitative estimate of drug-likeness (QED) is 0.620. The molecule has 2 N–H and O–H groups in total. The molecular formula is C19H12ClF3N2O4. The SMILES string of the molecule is O=C(COC(=O)c1cc(=O)[nH]c2ccccc12)Nc1c(Cl)cccc1C(F)(F)F. The van der Waals surface area contributed by atoms with Crippen LogP contribution < -0.4 is 10.9 Å². The highest BCUT2D eigenvalue weighted by Crippen LogP contribution is 2.38. The molecule has 0 unspecified atom stereocenters. The first kappa shape index (κ1) is 20.4. The number of amides is 1. The number of benzene rings is 2. The number of fused-ring (bicyclic) bond motifs is 1. The number of aromatic amines is 1. The van der Waals surface area contributed by atoms with E-state index in [2.05, 4.69) is 4.98 Å². The van der Waals surface area contributed by atoms with Crippen molar-refractivity contribution in [2.24, 2.45) is 0 Å². The van der Waals surface area contributed by atoms with Crippen molar-refractivity contribution in [2.45, 2.75) is 6.18 Å². The Hall–Kier alpha value is -3.33. The van der Waals surface area contributed by atoms with Crippen LogP contribution in [-0.4, -0.2) is 23.5 Å². The molecule has 0 fully saturated rings. The van der Waals surface area contributed by atoms with Crippen molar-refractivity contribution < 1.29 is 27.5 Å². The average Bonchev–Trinajstić information content (AvgIpc) is 2.66. The number of aromatic nitrogens is 1. The maximum absolute atomic E-state index is 13.1. The summed E-state index contributed by atoms with van der Waals surface area (Å²) in [7, 11) is 0. The number of rotatable bonds is 4. The normalized spacial score (nSPS) is 11.3. The van der Waals surface area contributed by atoms with E-state index in [9.17, 15) is 27.6 Å². The average molecular weight is 425 g/mol. The summed E-state index contributed by atoms with van der Waals surface area (Å²) in [5.74, 6) is -2.00. The molecule has 1 aromatic heterocycles. The molecular weight excluding hydrogens is 413 g/mol. The number of para-hydroxylation sites is 2. The topological polar surface area (TPSA) is 88.3 Å². The highest BCUT2D eigenvalue weighted by atomic mass is 35.5. The monoisotopic (exact) mass is 424 g/mol. The number of hydrogen-bond acceptors (Lipinski definition) is 4. The number of carbonyl (C=O) groups is 2. The van der Waals surface area contributed by atoms with Gasteiger partial charge in [0.1, 0.15) is 0 Å². The van der Waals surface area contributed by atoms with E-state index in [1.807, 2.05) is 5.32 Å². The van der Waals surface area contributed by atoms with Gasteiger partial charge in [-0.05, 0) is 18.2 Å². The Balaban J connectivity index is 1.76. The van der Waals surface area contributed by atoms with Crippen LogP contribution in [0.15, 0.2) is 53.3 Å². The first-order valence-electron chi connectivity index (χ1n) is 8.11. The maximum atomic E-state index is 13.1. The van der Waals surface area contributed by atoms with Gasteiger partial charge in [-0.15, -0.1) is 0 Å². The standard InChI is InChI=1S/C19H12ClF3N2O4/c20-13-6-3-5-12(19(21,22)23)17(13)25-16(27)9-29-18(28)11-8-15(26)24-14-7-2-1-4-10(11)14/h1-8H,9H2,(H,24,26)(H,25,27). The lowest BCUT2D eigenvalue weighted by atomic mass is 10.1. The number of anilines is 1. The summed E-state index contributed by atoms with van der Waals surface area (Å²) >= 11 is 5.76. The lowest BCUT2D eigenvalue weighted by Gasteiger charge is -2.15. The highest BCUT2D eigenvalue weighted by molar-refractivity contribution is 6.34. The molecule has 0 saturated heterocycles. The van der Waals surface area contributed by atoms with Crippen molar-refractivity contribution in [2.75, 3.05) is 11.9 Å². The Morgan fingerprint density at radius 2 is 1.83 bits per heavy atom. The van der Waals surface area contributed by atoms with Crippen LogP contribution in [0.2, 0.25) is 5.02 Å². The third-order valence-corrected chi connectivity index (χ3v) is 4.20. The minimum Gasteiger partial charge on any atom is -0.452 e. The molecule has 1 heterocycles. The van der Waals surface area contributed by atoms with Gasteiger partial charge in [-0.1, -0.05) is 35.9 Å². The summed E-state index contributed by atoms with van der Waals surface area (Å²) in [4.78, 5) is 38.6. The van der Waals surface area contributed by atoms with Crippen molar-refractivity contribution in [3.05, 3.63) is 75.0 Å². The molecule has 0 bridgehead atoms. The number of pyridine rings is 1. The third-order valence-electron chi connectivity index (χ3n) is 3.89. The molecule has 150 valence electrons. The Labute approximate surface area is 166 Å². The third kappa shape index (κ3) is 4.57. The number of nitrogens with one attached hydrogen (secondary N) is 2. The smallest absolute Gasteiger partial charge is 0.418 e. The molecule has 10 heteroatoms. The maximum Gasteiger partial charge on any atom is 0.418 e. The van der Waals surface area contributed by atoms with Crippen LogP contribution in [0, 0.1) is 0 Å². The van der Waals surface area contributed by atoms with Crippen LogP contribution in [0.4, 0.5) is 18.9 Å². The summed E-state index contributed by atoms with van der Waals surface area (Å²) in [5.41, 5.74) is -2.01. The zero-order chi connectivity index (χ0) is 21.2. The zero-order valence-corrected chi connectivity index (χ0v) is 15.2. The molecule has 6 nitrogen and oxygen atoms in total. The van der Waals surface area contributed by atoms with Crippen LogP contribution >= 0.6 is 11.6 Å². The van der Waals surface area contributed by atoms with Crippen molar-refractivity contribution >= 4 is 40.1 Å². The van der Waals surface area contributed by atoms with E-state index in [-0.39, 0.29) is 10.6 Å². The van der Waals surface area contributed by atoms with Gasteiger partial charge in [-0.25, -0.2) is 4.79 Å². The second kappa shape index (κ2) is 7.96. The summed E-state index contributed by atoms with van der Waals surface area (Å²) in [6.45, 7) is -0.873. The van der Waals surface area contributed by atoms with Gasteiger partial charge in [-0.2, -0.15) is 13.2 Å². The molecule has 0 saturated carbocycles. The van der Waals surface area contributed by atoms with Crippen molar-refractivity contribution in [3.63, 3.8) is 0 Å². The number of hydrogen-bond donors (Lipinski definition) is 2. The second-order valence-electron chi connectivity index (χ2n) is 5.88. The fourth-order valence-electron chi connectivity index (χ4n) is 2.65. The van der Waals surface area contributed by atoms with E-state index in [1.165, 1.54) is 6.07 Å². The molecule has 1 amide bonds. The van der Waals surface area contributed by atoms with E-state index in [4.69, 9.17) is 16.3 Å². The van der Waals surface area contributed by atoms with Gasteiger partial charge in [-0.3, -0.25) is 9.59 Å². The predicted molar refractivity (Wildman–Crippen MR) is 99.9 cm³/mol. The lowest BCUT2D eigenvalue weighted by Crippen LogP contribution is -2.23. The number of carbonyl (C=O) groups excluding carboxylic acids is 2. The van der Waals surface area contributed by atoms with Crippen LogP contribution in [-0.2, 0) is 15.7 Å². The van der Waals surface area contributed by atoms with Crippen LogP contribution in [0.1, 0.15) is 15.9 Å². The Morgan fingerprint density at radius 3 is 2.55 bits per heavy atom. The van der Waals surface area contributed by atoms with Gasteiger partial charge in [0.2, 0.25) is 5.56 Å². The van der Waals surface area contributed by atoms with Crippen molar-refractivity contribution in [1.29, 1.82) is 0 Å². The fourth-order valence-corrected chi connectivity index (χ4v) is 2.87. The largest absolute Gasteiger partial charge is 0.452 e. The summed E-state index contributed by atoms with van der Waals surface area (Å²) in [6.07, 6.45) is -4.74. The first-order chi connectivity index (χ1) is 13.7. The molecule has 0 radical (unpaired) electrons. The van der Waals surface area contributed by atoms with Crippen LogP contribution in [0.3, 0.4) is 0 Å². The molecule has 0 aliphatic heterocycles. The lowest BCUT2D eigenvalue weighted by molar-refractivity contribution is -0.137. The minimum absolute atomic E-state index is 0.0779. The number of halogens is 4. The van der Waals surface area contributed by atoms with Gasteiger partial charge in [0.15, 0.2) is 6.61 Å². The molecule has 2 aromatic carbocycles. The highest BCUT2D eigenvalue weighted by Gasteiger charge is 2.34. The van der Waals surface area contributed by atoms with E-state index in [0.29, 0.717) is 10.9 Å². The molecule has 29 heavy (non-hydrogen) atoms. The Morgan fingerprint density at radius 1 is 1.10 bits per heavy atom. The van der Waals surface area contributed by atoms with Gasteiger partial charge in [0, 0.05) is 17.0 Å². The van der Waals surface area contributed by atoms with Gasteiger partial charge in [0.25, 0.3) is 5.91 Å². The molecule has 0 spiro atoms. The summed E-state index contributed by atoms with van der Waals surface area (Å²) in [5, 5.41) is 2.08. The summed E-state index contributed by atoms with van der Waals surface area (Å²) < 4.78 is 44.1. The Bertz CT molecular complexity index is 1160. The van der Waals surface area contributed by atoms with E-state index < -0.39 is 41.5 Å². The van der Waals surface area contributed by atoms with Gasteiger partial charge >= 0.3 is 12.1 Å². The number of esters is 1. The number of alkyl halides is 3. The summed E-state index contributed by atoms with van der Waals surface area (Å²) in [6, 6.07) is 10.5. The van der Waals surface area contributed by atoms with Crippen LogP contribution in [0.5, 0.6) is 0 Å². The molecule has 3 aromatic rings. The number of ether oxygens (including phenoxy) is 1. The van der Waals surface area contributed by atoms with E-state index in [0.717, 1.165) is 18.2 Å². The fraction of sp³-hybridized carbons (Fsp3) is 0.105. The predicted octanol–water partition coefficient (Wildman–Crippen LogP) is 4.00. The second-order valence-corrected chi connectivity index (χ2v) is 6.28. The van der Waals surface area contributed by atoms with E-state index >= 15 is 0 Å². The molecule has 3 rings (SSSR count). The van der Waals surface area contributed by atoms with Crippen LogP contribution in [0.25, 0.3) is 10.9 Å². The van der Waals surface area contributed by atoms with Crippen molar-refractivity contribution in [1.82, 2.24) is 4.98 Å². The van der Waals surface area contributed by atoms with E-state index in [1.54, 1.807) is 24.3 Å². The zero-order valence-electron chi connectivity index (χ0n) is 14.5. The molecule has 0 atom stereocenters. The Kier molecular flexibility index (Phi) is 5.60. The van der Waals surface area contributed by atoms with Crippen molar-refractivity contribution in [3.8, 4) is 0 Å². The first-order valence-corrected chi connectivity index (χ1v) is 8.49. The minimum atomic E-state index is -4.74. The number of H-pyrrole nitrogens is 1.